The van der Waals surface area contributed by atoms with Gasteiger partial charge in [0.15, 0.2) is 5.78 Å². The second kappa shape index (κ2) is 8.00. The Labute approximate surface area is 159 Å². The molecule has 7 heteroatoms. The number of hydrogen-bond donors (Lipinski definition) is 2. The predicted molar refractivity (Wildman–Crippen MR) is 103 cm³/mol. The van der Waals surface area contributed by atoms with Gasteiger partial charge in [0.25, 0.3) is 5.91 Å². The molecule has 1 fully saturated rings. The molecular weight excluding hydrogens is 344 g/mol. The zero-order valence-corrected chi connectivity index (χ0v) is 16.1. The Balaban J connectivity index is 1.77. The number of carbonyl (C=O) groups excluding carboxylic acids is 2. The number of ketones is 1. The van der Waals surface area contributed by atoms with Crippen LogP contribution in [0.2, 0.25) is 0 Å². The highest BCUT2D eigenvalue weighted by Gasteiger charge is 2.28. The molecule has 3 rings (SSSR count). The zero-order valence-electron chi connectivity index (χ0n) is 16.1. The number of amides is 1. The van der Waals surface area contributed by atoms with Crippen LogP contribution in [-0.4, -0.2) is 52.5 Å². The summed E-state index contributed by atoms with van der Waals surface area (Å²) in [6.45, 7) is 6.69. The maximum absolute atomic E-state index is 12.7. The SMILES string of the molecule is CC1=CC(C)=C(CNC(=O)c2ncnc(N3CCC[C@@H]3CO)c2C)C(=O)C1. The molecule has 0 bridgehead atoms. The van der Waals surface area contributed by atoms with Crippen LogP contribution >= 0.6 is 0 Å². The molecule has 27 heavy (non-hydrogen) atoms. The molecule has 1 amide bonds. The fourth-order valence-electron chi connectivity index (χ4n) is 3.84. The highest BCUT2D eigenvalue weighted by molar-refractivity contribution is 6.01. The van der Waals surface area contributed by atoms with Gasteiger partial charge in [0.2, 0.25) is 0 Å². The van der Waals surface area contributed by atoms with Crippen molar-refractivity contribution in [3.05, 3.63) is 40.4 Å². The highest BCUT2D eigenvalue weighted by atomic mass is 16.3. The van der Waals surface area contributed by atoms with E-state index >= 15 is 0 Å². The van der Waals surface area contributed by atoms with E-state index in [9.17, 15) is 14.7 Å². The number of allylic oxidation sites excluding steroid dienone is 3. The van der Waals surface area contributed by atoms with Gasteiger partial charge in [-0.1, -0.05) is 11.6 Å². The number of nitrogens with zero attached hydrogens (tertiary/aromatic N) is 3. The van der Waals surface area contributed by atoms with Gasteiger partial charge in [-0.3, -0.25) is 9.59 Å². The number of hydrogen-bond acceptors (Lipinski definition) is 6. The van der Waals surface area contributed by atoms with Gasteiger partial charge < -0.3 is 15.3 Å². The molecule has 2 heterocycles. The Bertz CT molecular complexity index is 829. The molecule has 2 aliphatic rings. The molecule has 1 aromatic heterocycles. The molecule has 1 aliphatic heterocycles. The van der Waals surface area contributed by atoms with E-state index in [-0.39, 0.29) is 30.9 Å². The second-order valence-electron chi connectivity index (χ2n) is 7.28. The van der Waals surface area contributed by atoms with Crippen molar-refractivity contribution in [3.8, 4) is 0 Å². The number of nitrogens with one attached hydrogen (secondary N) is 1. The van der Waals surface area contributed by atoms with Gasteiger partial charge in [0.05, 0.1) is 12.6 Å². The largest absolute Gasteiger partial charge is 0.394 e. The lowest BCUT2D eigenvalue weighted by Crippen LogP contribution is -2.35. The summed E-state index contributed by atoms with van der Waals surface area (Å²) in [4.78, 5) is 35.4. The number of aliphatic hydroxyl groups is 1. The topological polar surface area (TPSA) is 95.4 Å². The minimum Gasteiger partial charge on any atom is -0.394 e. The molecule has 144 valence electrons. The second-order valence-corrected chi connectivity index (χ2v) is 7.28. The van der Waals surface area contributed by atoms with Crippen LogP contribution in [0.15, 0.2) is 29.1 Å². The van der Waals surface area contributed by atoms with Gasteiger partial charge in [-0.05, 0) is 39.2 Å². The molecule has 0 saturated carbocycles. The van der Waals surface area contributed by atoms with Gasteiger partial charge in [-0.2, -0.15) is 0 Å². The molecule has 0 unspecified atom stereocenters. The van der Waals surface area contributed by atoms with Gasteiger partial charge in [-0.15, -0.1) is 0 Å². The summed E-state index contributed by atoms with van der Waals surface area (Å²) in [6.07, 6.45) is 5.66. The van der Waals surface area contributed by atoms with Crippen molar-refractivity contribution < 1.29 is 14.7 Å². The van der Waals surface area contributed by atoms with E-state index < -0.39 is 0 Å². The lowest BCUT2D eigenvalue weighted by molar-refractivity contribution is -0.115. The molecule has 1 aliphatic carbocycles. The first-order chi connectivity index (χ1) is 12.9. The summed E-state index contributed by atoms with van der Waals surface area (Å²) < 4.78 is 0. The lowest BCUT2D eigenvalue weighted by atomic mass is 9.92. The predicted octanol–water partition coefficient (Wildman–Crippen LogP) is 1.71. The zero-order chi connectivity index (χ0) is 19.6. The molecule has 1 atom stereocenters. The number of anilines is 1. The Hall–Kier alpha value is -2.54. The molecule has 0 radical (unpaired) electrons. The first-order valence-electron chi connectivity index (χ1n) is 9.29. The first-order valence-corrected chi connectivity index (χ1v) is 9.29. The van der Waals surface area contributed by atoms with E-state index in [0.717, 1.165) is 30.5 Å². The normalized spacial score (nSPS) is 20.1. The molecule has 0 aromatic carbocycles. The van der Waals surface area contributed by atoms with Gasteiger partial charge in [-0.25, -0.2) is 9.97 Å². The van der Waals surface area contributed by atoms with E-state index in [1.165, 1.54) is 6.33 Å². The van der Waals surface area contributed by atoms with E-state index in [2.05, 4.69) is 15.3 Å². The van der Waals surface area contributed by atoms with Crippen molar-refractivity contribution in [1.82, 2.24) is 15.3 Å². The molecular formula is C20H26N4O3. The van der Waals surface area contributed by atoms with Crippen molar-refractivity contribution in [3.63, 3.8) is 0 Å². The summed E-state index contributed by atoms with van der Waals surface area (Å²) in [5.74, 6) is 0.417. The van der Waals surface area contributed by atoms with Gasteiger partial charge in [0.1, 0.15) is 17.8 Å². The number of rotatable bonds is 5. The molecule has 2 N–H and O–H groups in total. The quantitative estimate of drug-likeness (QED) is 0.819. The van der Waals surface area contributed by atoms with Crippen molar-refractivity contribution in [1.29, 1.82) is 0 Å². The first kappa shape index (κ1) is 19.2. The van der Waals surface area contributed by atoms with E-state index in [1.54, 1.807) is 0 Å². The smallest absolute Gasteiger partial charge is 0.270 e. The standard InChI is InChI=1S/C20H26N4O3/c1-12-7-13(2)16(17(26)8-12)9-21-20(27)18-14(3)19(23-11-22-18)24-6-4-5-15(24)10-25/h7,11,15,25H,4-6,8-10H2,1-3H3,(H,21,27)/t15-/m1/s1. The van der Waals surface area contributed by atoms with Crippen LogP contribution < -0.4 is 10.2 Å². The summed E-state index contributed by atoms with van der Waals surface area (Å²) >= 11 is 0. The van der Waals surface area contributed by atoms with Crippen molar-refractivity contribution in [2.75, 3.05) is 24.6 Å². The summed E-state index contributed by atoms with van der Waals surface area (Å²) in [6, 6.07) is 0.0252. The van der Waals surface area contributed by atoms with E-state index in [0.29, 0.717) is 29.1 Å². The Morgan fingerprint density at radius 2 is 2.11 bits per heavy atom. The summed E-state index contributed by atoms with van der Waals surface area (Å²) in [5.41, 5.74) is 3.56. The number of carbonyl (C=O) groups is 2. The number of aromatic nitrogens is 2. The van der Waals surface area contributed by atoms with Gasteiger partial charge >= 0.3 is 0 Å². The average Bonchev–Trinajstić information content (AvgIpc) is 3.09. The third kappa shape index (κ3) is 3.93. The van der Waals surface area contributed by atoms with Crippen LogP contribution in [0, 0.1) is 6.92 Å². The third-order valence-corrected chi connectivity index (χ3v) is 5.27. The van der Waals surface area contributed by atoms with Crippen molar-refractivity contribution >= 4 is 17.5 Å². The maximum atomic E-state index is 12.7. The minimum absolute atomic E-state index is 0.0252. The number of aliphatic hydroxyl groups excluding tert-OH is 1. The van der Waals surface area contributed by atoms with Gasteiger partial charge in [0, 0.05) is 30.6 Å². The van der Waals surface area contributed by atoms with Crippen LogP contribution in [0.5, 0.6) is 0 Å². The van der Waals surface area contributed by atoms with Crippen molar-refractivity contribution in [2.45, 2.75) is 46.1 Å². The molecule has 7 nitrogen and oxygen atoms in total. The van der Waals surface area contributed by atoms with Crippen LogP contribution in [-0.2, 0) is 4.79 Å². The molecule has 1 aromatic rings. The third-order valence-electron chi connectivity index (χ3n) is 5.27. The minimum atomic E-state index is -0.324. The monoisotopic (exact) mass is 370 g/mol. The van der Waals surface area contributed by atoms with Crippen LogP contribution in [0.25, 0.3) is 0 Å². The number of Topliss-reactive ketones (excluding diaryl/α,β-unsaturated/α-hetero) is 1. The average molecular weight is 370 g/mol. The van der Waals surface area contributed by atoms with Crippen LogP contribution in [0.4, 0.5) is 5.82 Å². The van der Waals surface area contributed by atoms with E-state index in [4.69, 9.17) is 0 Å². The molecule has 1 saturated heterocycles. The van der Waals surface area contributed by atoms with Crippen molar-refractivity contribution in [2.24, 2.45) is 0 Å². The van der Waals surface area contributed by atoms with Crippen LogP contribution in [0.1, 0.15) is 49.2 Å². The summed E-state index contributed by atoms with van der Waals surface area (Å²) in [5, 5.41) is 12.4. The lowest BCUT2D eigenvalue weighted by Gasteiger charge is -2.26. The fourth-order valence-corrected chi connectivity index (χ4v) is 3.84. The molecule has 0 spiro atoms. The fraction of sp³-hybridized carbons (Fsp3) is 0.500. The maximum Gasteiger partial charge on any atom is 0.270 e. The Kier molecular flexibility index (Phi) is 5.70. The van der Waals surface area contributed by atoms with E-state index in [1.807, 2.05) is 31.7 Å². The Morgan fingerprint density at radius 3 is 2.81 bits per heavy atom. The van der Waals surface area contributed by atoms with Crippen LogP contribution in [0.3, 0.4) is 0 Å². The summed E-state index contributed by atoms with van der Waals surface area (Å²) in [7, 11) is 0. The highest BCUT2D eigenvalue weighted by Crippen LogP contribution is 2.27. The Morgan fingerprint density at radius 1 is 1.33 bits per heavy atom.